The zero-order chi connectivity index (χ0) is 28.3. The standard InChI is InChI=1S/C31H32F3N3O3/c1-37-12-9-22(10-13-37)24-14-21(15-25(18-24)31(32,33)34)17-26(38)16-20-2-6-27(7-3-20)40-28-8-11-35-29(19-28)36-30(39)23-4-5-23/h2-3,6-8,11,14-15,18-19,22-23H,4-5,9-10,12-13,16-17H2,1H3,(H,35,36,39). The molecule has 0 atom stereocenters. The van der Waals surface area contributed by atoms with Gasteiger partial charge in [0.1, 0.15) is 23.1 Å². The number of ether oxygens (including phenoxy) is 1. The minimum absolute atomic E-state index is 0.0400. The molecule has 0 spiro atoms. The summed E-state index contributed by atoms with van der Waals surface area (Å²) in [6, 6.07) is 14.4. The first kappa shape index (κ1) is 27.8. The van der Waals surface area contributed by atoms with Crippen LogP contribution in [0.4, 0.5) is 19.0 Å². The summed E-state index contributed by atoms with van der Waals surface area (Å²) in [5.74, 6) is 1.40. The van der Waals surface area contributed by atoms with Gasteiger partial charge in [0.15, 0.2) is 0 Å². The van der Waals surface area contributed by atoms with E-state index in [9.17, 15) is 22.8 Å². The van der Waals surface area contributed by atoms with Crippen LogP contribution in [-0.2, 0) is 28.6 Å². The van der Waals surface area contributed by atoms with Crippen LogP contribution < -0.4 is 10.1 Å². The molecule has 1 amide bonds. The number of hydrogen-bond acceptors (Lipinski definition) is 5. The number of nitrogens with one attached hydrogen (secondary N) is 1. The van der Waals surface area contributed by atoms with Crippen LogP contribution in [0.1, 0.15) is 53.9 Å². The minimum Gasteiger partial charge on any atom is -0.457 e. The number of carbonyl (C=O) groups excluding carboxylic acids is 2. The number of ketones is 1. The van der Waals surface area contributed by atoms with E-state index >= 15 is 0 Å². The smallest absolute Gasteiger partial charge is 0.416 e. The third-order valence-corrected chi connectivity index (χ3v) is 7.42. The lowest BCUT2D eigenvalue weighted by molar-refractivity contribution is -0.137. The van der Waals surface area contributed by atoms with Gasteiger partial charge in [-0.15, -0.1) is 0 Å². The lowest BCUT2D eigenvalue weighted by atomic mass is 9.86. The van der Waals surface area contributed by atoms with Crippen LogP contribution in [0.5, 0.6) is 11.5 Å². The highest BCUT2D eigenvalue weighted by Crippen LogP contribution is 2.35. The number of anilines is 1. The van der Waals surface area contributed by atoms with E-state index in [2.05, 4.69) is 15.2 Å². The molecular formula is C31H32F3N3O3. The molecule has 9 heteroatoms. The molecule has 6 nitrogen and oxygen atoms in total. The Morgan fingerprint density at radius 1 is 0.925 bits per heavy atom. The molecule has 2 fully saturated rings. The second-order valence-electron chi connectivity index (χ2n) is 10.8. The lowest BCUT2D eigenvalue weighted by Gasteiger charge is -2.29. The van der Waals surface area contributed by atoms with Crippen molar-refractivity contribution in [2.45, 2.75) is 50.6 Å². The summed E-state index contributed by atoms with van der Waals surface area (Å²) in [4.78, 5) is 31.2. The molecule has 0 bridgehead atoms. The molecule has 40 heavy (non-hydrogen) atoms. The van der Waals surface area contributed by atoms with E-state index in [1.165, 1.54) is 6.07 Å². The molecule has 1 N–H and O–H groups in total. The van der Waals surface area contributed by atoms with E-state index in [4.69, 9.17) is 4.74 Å². The zero-order valence-electron chi connectivity index (χ0n) is 22.3. The average molecular weight is 552 g/mol. The van der Waals surface area contributed by atoms with Crippen LogP contribution in [0.15, 0.2) is 60.8 Å². The molecule has 1 aliphatic carbocycles. The Hall–Kier alpha value is -3.72. The van der Waals surface area contributed by atoms with Crippen molar-refractivity contribution >= 4 is 17.5 Å². The van der Waals surface area contributed by atoms with Crippen LogP contribution in [0.2, 0.25) is 0 Å². The Morgan fingerprint density at radius 3 is 2.30 bits per heavy atom. The number of benzene rings is 2. The van der Waals surface area contributed by atoms with E-state index in [1.54, 1.807) is 48.7 Å². The molecule has 1 saturated carbocycles. The third kappa shape index (κ3) is 7.47. The van der Waals surface area contributed by atoms with Crippen LogP contribution in [0, 0.1) is 5.92 Å². The highest BCUT2D eigenvalue weighted by atomic mass is 19.4. The number of aromatic nitrogens is 1. The number of alkyl halides is 3. The number of Topliss-reactive ketones (excluding diaryl/α,β-unsaturated/α-hetero) is 1. The number of hydrogen-bond donors (Lipinski definition) is 1. The normalized spacial score (nSPS) is 16.5. The Morgan fingerprint density at radius 2 is 1.62 bits per heavy atom. The number of halogens is 3. The highest BCUT2D eigenvalue weighted by molar-refractivity contribution is 5.93. The van der Waals surface area contributed by atoms with Gasteiger partial charge in [0.25, 0.3) is 0 Å². The fourth-order valence-corrected chi connectivity index (χ4v) is 5.01. The van der Waals surface area contributed by atoms with Crippen molar-refractivity contribution in [3.63, 3.8) is 0 Å². The van der Waals surface area contributed by atoms with Crippen molar-refractivity contribution in [3.05, 3.63) is 83.0 Å². The monoisotopic (exact) mass is 551 g/mol. The molecule has 0 unspecified atom stereocenters. The average Bonchev–Trinajstić information content (AvgIpc) is 3.76. The number of likely N-dealkylation sites (tertiary alicyclic amines) is 1. The molecule has 2 aliphatic rings. The van der Waals surface area contributed by atoms with Gasteiger partial charge in [-0.1, -0.05) is 18.2 Å². The van der Waals surface area contributed by atoms with Crippen molar-refractivity contribution < 1.29 is 27.5 Å². The summed E-state index contributed by atoms with van der Waals surface area (Å²) in [5.41, 5.74) is 1.11. The van der Waals surface area contributed by atoms with Crippen LogP contribution in [0.3, 0.4) is 0 Å². The van der Waals surface area contributed by atoms with E-state index in [0.29, 0.717) is 28.4 Å². The third-order valence-electron chi connectivity index (χ3n) is 7.42. The molecule has 3 aromatic rings. The maximum absolute atomic E-state index is 13.6. The molecule has 1 aromatic heterocycles. The van der Waals surface area contributed by atoms with Gasteiger partial charge in [-0.05, 0) is 98.8 Å². The second-order valence-corrected chi connectivity index (χ2v) is 10.8. The minimum atomic E-state index is -4.46. The first-order valence-corrected chi connectivity index (χ1v) is 13.6. The summed E-state index contributed by atoms with van der Waals surface area (Å²) in [6.45, 7) is 1.68. The number of nitrogens with zero attached hydrogens (tertiary/aromatic N) is 2. The molecule has 1 saturated heterocycles. The first-order chi connectivity index (χ1) is 19.1. The quantitative estimate of drug-likeness (QED) is 0.333. The van der Waals surface area contributed by atoms with E-state index in [1.807, 2.05) is 7.05 Å². The predicted molar refractivity (Wildman–Crippen MR) is 145 cm³/mol. The van der Waals surface area contributed by atoms with Crippen molar-refractivity contribution in [2.24, 2.45) is 5.92 Å². The Balaban J connectivity index is 1.21. The van der Waals surface area contributed by atoms with Gasteiger partial charge in [-0.2, -0.15) is 13.2 Å². The maximum atomic E-state index is 13.6. The molecular weight excluding hydrogens is 519 g/mol. The van der Waals surface area contributed by atoms with Crippen molar-refractivity contribution in [2.75, 3.05) is 25.5 Å². The van der Waals surface area contributed by atoms with Crippen LogP contribution >= 0.6 is 0 Å². The van der Waals surface area contributed by atoms with Gasteiger partial charge < -0.3 is 15.0 Å². The predicted octanol–water partition coefficient (Wildman–Crippen LogP) is 6.40. The van der Waals surface area contributed by atoms with Crippen molar-refractivity contribution in [1.82, 2.24) is 9.88 Å². The molecule has 2 heterocycles. The number of amides is 1. The number of pyridine rings is 1. The van der Waals surface area contributed by atoms with Gasteiger partial charge >= 0.3 is 6.18 Å². The fourth-order valence-electron chi connectivity index (χ4n) is 5.01. The zero-order valence-corrected chi connectivity index (χ0v) is 22.3. The van der Waals surface area contributed by atoms with E-state index < -0.39 is 11.7 Å². The fraction of sp³-hybridized carbons (Fsp3) is 0.387. The van der Waals surface area contributed by atoms with Gasteiger partial charge in [0, 0.05) is 31.0 Å². The number of carbonyl (C=O) groups is 2. The molecule has 2 aromatic carbocycles. The second kappa shape index (κ2) is 11.8. The number of piperidine rings is 1. The van der Waals surface area contributed by atoms with Gasteiger partial charge in [0.2, 0.25) is 5.91 Å². The van der Waals surface area contributed by atoms with Crippen molar-refractivity contribution in [3.8, 4) is 11.5 Å². The summed E-state index contributed by atoms with van der Waals surface area (Å²) in [5, 5.41) is 2.78. The van der Waals surface area contributed by atoms with Gasteiger partial charge in [-0.3, -0.25) is 9.59 Å². The molecule has 0 radical (unpaired) electrons. The highest BCUT2D eigenvalue weighted by Gasteiger charge is 2.32. The topological polar surface area (TPSA) is 71.5 Å². The van der Waals surface area contributed by atoms with E-state index in [-0.39, 0.29) is 36.4 Å². The Labute approximate surface area is 231 Å². The van der Waals surface area contributed by atoms with Crippen molar-refractivity contribution in [1.29, 1.82) is 0 Å². The number of rotatable bonds is 9. The van der Waals surface area contributed by atoms with Gasteiger partial charge in [0.05, 0.1) is 5.56 Å². The lowest BCUT2D eigenvalue weighted by Crippen LogP contribution is -2.29. The van der Waals surface area contributed by atoms with E-state index in [0.717, 1.165) is 50.4 Å². The summed E-state index contributed by atoms with van der Waals surface area (Å²) in [6.07, 6.45) is 0.531. The maximum Gasteiger partial charge on any atom is 0.416 e. The van der Waals surface area contributed by atoms with Crippen LogP contribution in [-0.4, -0.2) is 41.7 Å². The SMILES string of the molecule is CN1CCC(c2cc(CC(=O)Cc3ccc(Oc4ccnc(NC(=O)C5CC5)c4)cc3)cc(C(F)(F)F)c2)CC1. The Kier molecular flexibility index (Phi) is 8.21. The molecule has 1 aliphatic heterocycles. The van der Waals surface area contributed by atoms with Gasteiger partial charge in [-0.25, -0.2) is 4.98 Å². The first-order valence-electron chi connectivity index (χ1n) is 13.6. The molecule has 5 rings (SSSR count). The van der Waals surface area contributed by atoms with Crippen LogP contribution in [0.25, 0.3) is 0 Å². The summed E-state index contributed by atoms with van der Waals surface area (Å²) < 4.78 is 46.8. The Bertz CT molecular complexity index is 1360. The summed E-state index contributed by atoms with van der Waals surface area (Å²) >= 11 is 0. The molecule has 210 valence electrons. The largest absolute Gasteiger partial charge is 0.457 e. The summed E-state index contributed by atoms with van der Waals surface area (Å²) in [7, 11) is 2.01.